The molecule has 0 atom stereocenters. The third-order valence-electron chi connectivity index (χ3n) is 3.51. The van der Waals surface area contributed by atoms with Crippen molar-refractivity contribution in [2.75, 3.05) is 5.73 Å². The van der Waals surface area contributed by atoms with E-state index in [4.69, 9.17) is 10.5 Å². The molecule has 0 bridgehead atoms. The number of ether oxygens (including phenoxy) is 1. The fraction of sp³-hybridized carbons (Fsp3) is 0.143. The number of aromatic nitrogens is 6. The zero-order valence-corrected chi connectivity index (χ0v) is 11.8. The van der Waals surface area contributed by atoms with Crippen molar-refractivity contribution >= 4 is 27.9 Å². The van der Waals surface area contributed by atoms with Crippen LogP contribution >= 0.6 is 0 Å². The lowest BCUT2D eigenvalue weighted by molar-refractivity contribution is 0.310. The van der Waals surface area contributed by atoms with E-state index in [1.165, 1.54) is 0 Å². The van der Waals surface area contributed by atoms with Crippen molar-refractivity contribution in [2.24, 2.45) is 7.05 Å². The maximum atomic E-state index is 5.89. The molecule has 8 nitrogen and oxygen atoms in total. The summed E-state index contributed by atoms with van der Waals surface area (Å²) in [4.78, 5) is 4.11. The Morgan fingerprint density at radius 2 is 2.27 bits per heavy atom. The summed E-state index contributed by atoms with van der Waals surface area (Å²) in [6.45, 7) is 0.377. The molecule has 22 heavy (non-hydrogen) atoms. The summed E-state index contributed by atoms with van der Waals surface area (Å²) in [5, 5.41) is 15.7. The fourth-order valence-electron chi connectivity index (χ4n) is 2.53. The summed E-state index contributed by atoms with van der Waals surface area (Å²) < 4.78 is 7.73. The van der Waals surface area contributed by atoms with Crippen molar-refractivity contribution < 1.29 is 4.74 Å². The van der Waals surface area contributed by atoms with E-state index in [-0.39, 0.29) is 0 Å². The van der Waals surface area contributed by atoms with E-state index in [1.54, 1.807) is 6.07 Å². The molecule has 0 aliphatic heterocycles. The second-order valence-electron chi connectivity index (χ2n) is 4.97. The highest BCUT2D eigenvalue weighted by Crippen LogP contribution is 2.25. The van der Waals surface area contributed by atoms with Gasteiger partial charge in [-0.25, -0.2) is 10.1 Å². The van der Waals surface area contributed by atoms with Gasteiger partial charge < -0.3 is 10.5 Å². The molecule has 0 aliphatic carbocycles. The average Bonchev–Trinajstić information content (AvgIpc) is 3.12. The minimum absolute atomic E-state index is 0.354. The van der Waals surface area contributed by atoms with Gasteiger partial charge in [0.05, 0.1) is 11.7 Å². The first kappa shape index (κ1) is 12.6. The number of fused-ring (bicyclic) bond motifs is 2. The Hall–Kier alpha value is -3.16. The highest BCUT2D eigenvalue weighted by atomic mass is 16.5. The van der Waals surface area contributed by atoms with Gasteiger partial charge >= 0.3 is 0 Å². The second-order valence-corrected chi connectivity index (χ2v) is 4.97. The molecule has 4 rings (SSSR count). The minimum Gasteiger partial charge on any atom is -0.486 e. The molecular formula is C14H13N7O. The highest BCUT2D eigenvalue weighted by molar-refractivity contribution is 5.82. The van der Waals surface area contributed by atoms with Crippen LogP contribution in [-0.2, 0) is 13.7 Å². The van der Waals surface area contributed by atoms with Crippen molar-refractivity contribution in [1.82, 2.24) is 30.2 Å². The molecule has 0 radical (unpaired) electrons. The van der Waals surface area contributed by atoms with Gasteiger partial charge in [0.2, 0.25) is 0 Å². The van der Waals surface area contributed by atoms with Crippen molar-refractivity contribution in [3.63, 3.8) is 0 Å². The van der Waals surface area contributed by atoms with E-state index in [0.717, 1.165) is 16.5 Å². The molecule has 3 N–H and O–H groups in total. The van der Waals surface area contributed by atoms with Crippen molar-refractivity contribution in [3.05, 3.63) is 36.0 Å². The number of pyridine rings is 1. The van der Waals surface area contributed by atoms with Gasteiger partial charge in [-0.2, -0.15) is 5.10 Å². The van der Waals surface area contributed by atoms with Crippen molar-refractivity contribution in [2.45, 2.75) is 6.61 Å². The molecule has 3 aromatic heterocycles. The monoisotopic (exact) mass is 295 g/mol. The predicted molar refractivity (Wildman–Crippen MR) is 81.1 cm³/mol. The number of para-hydroxylation sites is 1. The second kappa shape index (κ2) is 4.69. The molecular weight excluding hydrogens is 282 g/mol. The number of anilines is 1. The quantitative estimate of drug-likeness (QED) is 0.591. The first-order chi connectivity index (χ1) is 10.7. The van der Waals surface area contributed by atoms with Crippen LogP contribution in [0, 0.1) is 0 Å². The Labute approximate surface area is 124 Å². The Kier molecular flexibility index (Phi) is 2.68. The maximum Gasteiger partial charge on any atom is 0.181 e. The number of nitrogens with one attached hydrogen (secondary N) is 1. The van der Waals surface area contributed by atoms with Crippen molar-refractivity contribution in [3.8, 4) is 5.75 Å². The summed E-state index contributed by atoms with van der Waals surface area (Å²) in [6, 6.07) is 7.66. The van der Waals surface area contributed by atoms with Gasteiger partial charge in [0.25, 0.3) is 0 Å². The van der Waals surface area contributed by atoms with E-state index < -0.39 is 0 Å². The zero-order valence-electron chi connectivity index (χ0n) is 11.8. The number of nitrogen functional groups attached to an aromatic ring is 1. The number of aryl methyl sites for hydroxylation is 1. The van der Waals surface area contributed by atoms with E-state index in [2.05, 4.69) is 25.5 Å². The number of benzene rings is 1. The van der Waals surface area contributed by atoms with Crippen LogP contribution in [0.5, 0.6) is 5.75 Å². The predicted octanol–water partition coefficient (Wildman–Crippen LogP) is 1.40. The van der Waals surface area contributed by atoms with Gasteiger partial charge in [0.1, 0.15) is 12.4 Å². The molecule has 0 unspecified atom stereocenters. The van der Waals surface area contributed by atoms with E-state index in [0.29, 0.717) is 29.3 Å². The molecule has 0 amide bonds. The molecule has 1 aromatic carbocycles. The number of H-pyrrole nitrogens is 1. The molecule has 3 heterocycles. The van der Waals surface area contributed by atoms with Gasteiger partial charge in [0.15, 0.2) is 16.9 Å². The van der Waals surface area contributed by atoms with Crippen LogP contribution in [0.2, 0.25) is 0 Å². The SMILES string of the molecule is Cn1ncc2cccc(COc3cc(N)nc4[nH]nnc34)c21. The van der Waals surface area contributed by atoms with Gasteiger partial charge in [-0.15, -0.1) is 5.10 Å². The molecule has 0 spiro atoms. The first-order valence-corrected chi connectivity index (χ1v) is 6.72. The Bertz CT molecular complexity index is 970. The van der Waals surface area contributed by atoms with E-state index >= 15 is 0 Å². The van der Waals surface area contributed by atoms with Crippen LogP contribution in [0.3, 0.4) is 0 Å². The normalized spacial score (nSPS) is 11.3. The molecule has 8 heteroatoms. The van der Waals surface area contributed by atoms with Crippen LogP contribution in [-0.4, -0.2) is 30.2 Å². The van der Waals surface area contributed by atoms with Gasteiger partial charge in [-0.3, -0.25) is 4.68 Å². The number of aromatic amines is 1. The number of nitrogens with two attached hydrogens (primary N) is 1. The zero-order chi connectivity index (χ0) is 15.1. The summed E-state index contributed by atoms with van der Waals surface area (Å²) in [7, 11) is 1.91. The summed E-state index contributed by atoms with van der Waals surface area (Å²) >= 11 is 0. The number of hydrogen-bond acceptors (Lipinski definition) is 6. The van der Waals surface area contributed by atoms with E-state index in [9.17, 15) is 0 Å². The van der Waals surface area contributed by atoms with Gasteiger partial charge in [-0.05, 0) is 0 Å². The van der Waals surface area contributed by atoms with Gasteiger partial charge in [-0.1, -0.05) is 23.4 Å². The molecule has 0 saturated carbocycles. The lowest BCUT2D eigenvalue weighted by atomic mass is 10.1. The highest BCUT2D eigenvalue weighted by Gasteiger charge is 2.11. The van der Waals surface area contributed by atoms with Crippen LogP contribution in [0.4, 0.5) is 5.82 Å². The topological polar surface area (TPSA) is 108 Å². The standard InChI is InChI=1S/C14H13N7O/c1-21-13-8(6-16-21)3-2-4-9(13)7-22-10-5-11(15)17-14-12(10)18-20-19-14/h2-6H,7H2,1H3,(H3,15,17,18,19,20). The summed E-state index contributed by atoms with van der Waals surface area (Å²) in [6.07, 6.45) is 1.83. The number of nitrogens with zero attached hydrogens (tertiary/aromatic N) is 5. The lowest BCUT2D eigenvalue weighted by Crippen LogP contribution is -2.01. The molecule has 0 saturated heterocycles. The lowest BCUT2D eigenvalue weighted by Gasteiger charge is -2.09. The molecule has 0 fully saturated rings. The summed E-state index contributed by atoms with van der Waals surface area (Å²) in [5.41, 5.74) is 8.91. The van der Waals surface area contributed by atoms with Gasteiger partial charge in [0, 0.05) is 24.1 Å². The number of hydrogen-bond donors (Lipinski definition) is 2. The fourth-order valence-corrected chi connectivity index (χ4v) is 2.53. The number of rotatable bonds is 3. The van der Waals surface area contributed by atoms with Crippen LogP contribution in [0.15, 0.2) is 30.5 Å². The third kappa shape index (κ3) is 1.93. The first-order valence-electron chi connectivity index (χ1n) is 6.72. The third-order valence-corrected chi connectivity index (χ3v) is 3.51. The van der Waals surface area contributed by atoms with Crippen LogP contribution in [0.1, 0.15) is 5.56 Å². The van der Waals surface area contributed by atoms with E-state index in [1.807, 2.05) is 36.1 Å². The molecule has 110 valence electrons. The van der Waals surface area contributed by atoms with Crippen molar-refractivity contribution in [1.29, 1.82) is 0 Å². The maximum absolute atomic E-state index is 5.89. The Morgan fingerprint density at radius 1 is 1.36 bits per heavy atom. The minimum atomic E-state index is 0.354. The molecule has 4 aromatic rings. The smallest absolute Gasteiger partial charge is 0.181 e. The van der Waals surface area contributed by atoms with Crippen LogP contribution < -0.4 is 10.5 Å². The average molecular weight is 295 g/mol. The molecule has 0 aliphatic rings. The Balaban J connectivity index is 1.71. The Morgan fingerprint density at radius 3 is 3.18 bits per heavy atom. The van der Waals surface area contributed by atoms with Crippen LogP contribution in [0.25, 0.3) is 22.1 Å². The summed E-state index contributed by atoms with van der Waals surface area (Å²) in [5.74, 6) is 0.905. The largest absolute Gasteiger partial charge is 0.486 e.